The molecule has 140 valence electrons. The number of aromatic hydroxyl groups is 1. The van der Waals surface area contributed by atoms with Crippen LogP contribution in [0.4, 0.5) is 0 Å². The van der Waals surface area contributed by atoms with Crippen LogP contribution < -0.4 is 0 Å². The molecule has 0 saturated carbocycles. The zero-order chi connectivity index (χ0) is 18.2. The summed E-state index contributed by atoms with van der Waals surface area (Å²) in [7, 11) is 0. The molecule has 2 aromatic carbocycles. The number of phenols is 1. The average molecular weight is 354 g/mol. The molecule has 1 aliphatic rings. The Kier molecular flexibility index (Phi) is 7.10. The van der Waals surface area contributed by atoms with E-state index in [1.165, 1.54) is 36.8 Å². The first kappa shape index (κ1) is 18.9. The zero-order valence-corrected chi connectivity index (χ0v) is 15.7. The van der Waals surface area contributed by atoms with Gasteiger partial charge in [0.05, 0.1) is 6.10 Å². The molecule has 1 heterocycles. The summed E-state index contributed by atoms with van der Waals surface area (Å²) in [5, 5.41) is 9.38. The molecule has 3 nitrogen and oxygen atoms in total. The second-order valence-corrected chi connectivity index (χ2v) is 7.23. The molecule has 3 rings (SSSR count). The van der Waals surface area contributed by atoms with Crippen LogP contribution in [0, 0.1) is 0 Å². The molecule has 2 atom stereocenters. The van der Waals surface area contributed by atoms with Crippen molar-refractivity contribution in [2.45, 2.75) is 64.3 Å². The predicted octanol–water partition coefficient (Wildman–Crippen LogP) is 5.70. The molecule has 26 heavy (non-hydrogen) atoms. The number of phenolic OH excluding ortho intramolecular Hbond substituents is 1. The number of unbranched alkanes of at least 4 members (excludes halogenated alkanes) is 1. The average Bonchev–Trinajstić information content (AvgIpc) is 2.67. The molecule has 0 aromatic heterocycles. The summed E-state index contributed by atoms with van der Waals surface area (Å²) in [4.78, 5) is 0. The van der Waals surface area contributed by atoms with Crippen molar-refractivity contribution in [2.24, 2.45) is 0 Å². The quantitative estimate of drug-likeness (QED) is 0.618. The van der Waals surface area contributed by atoms with Crippen molar-refractivity contribution in [1.82, 2.24) is 0 Å². The molecule has 0 amide bonds. The second kappa shape index (κ2) is 9.75. The molecule has 0 bridgehead atoms. The Morgan fingerprint density at radius 2 is 1.69 bits per heavy atom. The molecule has 2 aromatic rings. The SMILES string of the molecule is CC(CCCCc1ccc(-c2ccc(O)cc2)cc1)OC1CCCCO1. The Morgan fingerprint density at radius 1 is 1.00 bits per heavy atom. The lowest BCUT2D eigenvalue weighted by atomic mass is 10.0. The summed E-state index contributed by atoms with van der Waals surface area (Å²) in [5.74, 6) is 0.304. The van der Waals surface area contributed by atoms with E-state index in [0.717, 1.165) is 31.4 Å². The zero-order valence-electron chi connectivity index (χ0n) is 15.7. The monoisotopic (exact) mass is 354 g/mol. The van der Waals surface area contributed by atoms with Crippen LogP contribution in [0.25, 0.3) is 11.1 Å². The lowest BCUT2D eigenvalue weighted by Crippen LogP contribution is -2.26. The van der Waals surface area contributed by atoms with Crippen LogP contribution >= 0.6 is 0 Å². The topological polar surface area (TPSA) is 38.7 Å². The normalized spacial score (nSPS) is 18.6. The van der Waals surface area contributed by atoms with Gasteiger partial charge in [0.1, 0.15) is 5.75 Å². The molecular weight excluding hydrogens is 324 g/mol. The van der Waals surface area contributed by atoms with Gasteiger partial charge < -0.3 is 14.6 Å². The minimum Gasteiger partial charge on any atom is -0.508 e. The van der Waals surface area contributed by atoms with Gasteiger partial charge in [0.15, 0.2) is 6.29 Å². The maximum atomic E-state index is 9.38. The molecule has 1 aliphatic heterocycles. The van der Waals surface area contributed by atoms with E-state index in [1.807, 2.05) is 12.1 Å². The third kappa shape index (κ3) is 5.86. The largest absolute Gasteiger partial charge is 0.508 e. The van der Waals surface area contributed by atoms with Crippen LogP contribution in [0.2, 0.25) is 0 Å². The molecule has 3 heteroatoms. The Hall–Kier alpha value is -1.84. The van der Waals surface area contributed by atoms with Gasteiger partial charge in [0, 0.05) is 6.61 Å². The second-order valence-electron chi connectivity index (χ2n) is 7.23. The highest BCUT2D eigenvalue weighted by Crippen LogP contribution is 2.23. The third-order valence-electron chi connectivity index (χ3n) is 5.00. The van der Waals surface area contributed by atoms with E-state index in [2.05, 4.69) is 31.2 Å². The summed E-state index contributed by atoms with van der Waals surface area (Å²) in [5.41, 5.74) is 3.69. The van der Waals surface area contributed by atoms with Gasteiger partial charge in [-0.1, -0.05) is 42.8 Å². The first-order valence-electron chi connectivity index (χ1n) is 9.86. The molecule has 1 saturated heterocycles. The number of ether oxygens (including phenoxy) is 2. The van der Waals surface area contributed by atoms with Crippen LogP contribution in [0.5, 0.6) is 5.75 Å². The summed E-state index contributed by atoms with van der Waals surface area (Å²) < 4.78 is 11.6. The van der Waals surface area contributed by atoms with Gasteiger partial charge >= 0.3 is 0 Å². The van der Waals surface area contributed by atoms with Gasteiger partial charge in [-0.25, -0.2) is 0 Å². The Bertz CT molecular complexity index is 642. The summed E-state index contributed by atoms with van der Waals surface area (Å²) in [6.07, 6.45) is 8.26. The lowest BCUT2D eigenvalue weighted by Gasteiger charge is -2.26. The number of hydrogen-bond acceptors (Lipinski definition) is 3. The molecule has 1 fully saturated rings. The molecule has 1 N–H and O–H groups in total. The highest BCUT2D eigenvalue weighted by Gasteiger charge is 2.16. The number of aryl methyl sites for hydroxylation is 1. The summed E-state index contributed by atoms with van der Waals surface area (Å²) in [6.45, 7) is 3.00. The van der Waals surface area contributed by atoms with Crippen LogP contribution in [-0.2, 0) is 15.9 Å². The van der Waals surface area contributed by atoms with Crippen molar-refractivity contribution in [2.75, 3.05) is 6.61 Å². The van der Waals surface area contributed by atoms with Crippen molar-refractivity contribution in [3.8, 4) is 16.9 Å². The third-order valence-corrected chi connectivity index (χ3v) is 5.00. The van der Waals surface area contributed by atoms with E-state index >= 15 is 0 Å². The molecule has 0 radical (unpaired) electrons. The maximum Gasteiger partial charge on any atom is 0.157 e. The highest BCUT2D eigenvalue weighted by molar-refractivity contribution is 5.64. The Balaban J connectivity index is 1.37. The van der Waals surface area contributed by atoms with Gasteiger partial charge in [-0.2, -0.15) is 0 Å². The van der Waals surface area contributed by atoms with E-state index in [1.54, 1.807) is 12.1 Å². The van der Waals surface area contributed by atoms with Crippen LogP contribution in [0.3, 0.4) is 0 Å². The van der Waals surface area contributed by atoms with E-state index in [0.29, 0.717) is 5.75 Å². The Morgan fingerprint density at radius 3 is 2.35 bits per heavy atom. The standard InChI is InChI=1S/C23H30O3/c1-18(26-23-8-4-5-17-25-23)6-2-3-7-19-9-11-20(12-10-19)21-13-15-22(24)16-14-21/h9-16,18,23-24H,2-8,17H2,1H3. The van der Waals surface area contributed by atoms with E-state index in [4.69, 9.17) is 9.47 Å². The minimum atomic E-state index is 0.0196. The Labute approximate surface area is 157 Å². The van der Waals surface area contributed by atoms with Gasteiger partial charge in [-0.15, -0.1) is 0 Å². The first-order chi connectivity index (χ1) is 12.7. The van der Waals surface area contributed by atoms with Crippen molar-refractivity contribution < 1.29 is 14.6 Å². The lowest BCUT2D eigenvalue weighted by molar-refractivity contribution is -0.185. The summed E-state index contributed by atoms with van der Waals surface area (Å²) in [6, 6.07) is 16.1. The van der Waals surface area contributed by atoms with Gasteiger partial charge in [-0.05, 0) is 74.3 Å². The van der Waals surface area contributed by atoms with Crippen molar-refractivity contribution in [1.29, 1.82) is 0 Å². The smallest absolute Gasteiger partial charge is 0.157 e. The van der Waals surface area contributed by atoms with Crippen molar-refractivity contribution in [3.63, 3.8) is 0 Å². The number of benzene rings is 2. The minimum absolute atomic E-state index is 0.0196. The number of rotatable bonds is 8. The van der Waals surface area contributed by atoms with E-state index in [-0.39, 0.29) is 12.4 Å². The highest BCUT2D eigenvalue weighted by atomic mass is 16.7. The maximum absolute atomic E-state index is 9.38. The van der Waals surface area contributed by atoms with E-state index < -0.39 is 0 Å². The molecule has 0 aliphatic carbocycles. The molecule has 2 unspecified atom stereocenters. The fraction of sp³-hybridized carbons (Fsp3) is 0.478. The summed E-state index contributed by atoms with van der Waals surface area (Å²) >= 11 is 0. The van der Waals surface area contributed by atoms with Crippen LogP contribution in [0.15, 0.2) is 48.5 Å². The fourth-order valence-corrected chi connectivity index (χ4v) is 3.42. The molecule has 0 spiro atoms. The van der Waals surface area contributed by atoms with Gasteiger partial charge in [0.2, 0.25) is 0 Å². The van der Waals surface area contributed by atoms with Crippen LogP contribution in [0.1, 0.15) is 51.0 Å². The molecular formula is C23H30O3. The first-order valence-corrected chi connectivity index (χ1v) is 9.86. The predicted molar refractivity (Wildman–Crippen MR) is 105 cm³/mol. The van der Waals surface area contributed by atoms with E-state index in [9.17, 15) is 5.11 Å². The van der Waals surface area contributed by atoms with Crippen molar-refractivity contribution in [3.05, 3.63) is 54.1 Å². The van der Waals surface area contributed by atoms with Gasteiger partial charge in [0.25, 0.3) is 0 Å². The van der Waals surface area contributed by atoms with Gasteiger partial charge in [-0.3, -0.25) is 0 Å². The fourth-order valence-electron chi connectivity index (χ4n) is 3.42. The number of hydrogen-bond donors (Lipinski definition) is 1. The van der Waals surface area contributed by atoms with Crippen LogP contribution in [-0.4, -0.2) is 24.1 Å². The van der Waals surface area contributed by atoms with Crippen molar-refractivity contribution >= 4 is 0 Å².